The minimum absolute atomic E-state index is 0.0706. The molecule has 0 saturated heterocycles. The van der Waals surface area contributed by atoms with Crippen LogP contribution < -0.4 is 5.73 Å². The fraction of sp³-hybridized carbons (Fsp3) is 0.538. The number of halogens is 1. The Morgan fingerprint density at radius 2 is 2.20 bits per heavy atom. The van der Waals surface area contributed by atoms with E-state index < -0.39 is 0 Å². The Morgan fingerprint density at radius 1 is 1.47 bits per heavy atom. The molecule has 2 N–H and O–H groups in total. The third-order valence-electron chi connectivity index (χ3n) is 3.33. The standard InChI is InChI=1S/C13H18FN/c1-13(2)6-9(8-15)10-4-3-5-12(14)11(10)7-13/h3-5,9H,6-8,15H2,1-2H3. The molecule has 0 aliphatic heterocycles. The highest BCUT2D eigenvalue weighted by atomic mass is 19.1. The van der Waals surface area contributed by atoms with E-state index in [-0.39, 0.29) is 11.2 Å². The zero-order valence-corrected chi connectivity index (χ0v) is 9.39. The van der Waals surface area contributed by atoms with Crippen molar-refractivity contribution in [3.63, 3.8) is 0 Å². The van der Waals surface area contributed by atoms with Gasteiger partial charge in [0.25, 0.3) is 0 Å². The first-order valence-corrected chi connectivity index (χ1v) is 5.51. The van der Waals surface area contributed by atoms with Crippen molar-refractivity contribution in [3.8, 4) is 0 Å². The van der Waals surface area contributed by atoms with Gasteiger partial charge in [-0.1, -0.05) is 26.0 Å². The molecule has 2 rings (SSSR count). The van der Waals surface area contributed by atoms with Crippen molar-refractivity contribution in [3.05, 3.63) is 35.1 Å². The largest absolute Gasteiger partial charge is 0.330 e. The molecule has 1 aromatic carbocycles. The highest BCUT2D eigenvalue weighted by Crippen LogP contribution is 2.42. The molecule has 0 fully saturated rings. The third kappa shape index (κ3) is 1.91. The van der Waals surface area contributed by atoms with E-state index in [1.165, 1.54) is 0 Å². The molecule has 2 heteroatoms. The molecule has 0 heterocycles. The van der Waals surface area contributed by atoms with Crippen LogP contribution in [-0.4, -0.2) is 6.54 Å². The average molecular weight is 207 g/mol. The van der Waals surface area contributed by atoms with Crippen LogP contribution >= 0.6 is 0 Å². The number of hydrogen-bond acceptors (Lipinski definition) is 1. The Kier molecular flexibility index (Phi) is 2.55. The number of hydrogen-bond donors (Lipinski definition) is 1. The Bertz CT molecular complexity index is 371. The third-order valence-corrected chi connectivity index (χ3v) is 3.33. The minimum atomic E-state index is -0.0706. The summed E-state index contributed by atoms with van der Waals surface area (Å²) in [5.74, 6) is 0.248. The topological polar surface area (TPSA) is 26.0 Å². The van der Waals surface area contributed by atoms with Crippen LogP contribution in [0, 0.1) is 11.2 Å². The second-order valence-electron chi connectivity index (χ2n) is 5.29. The van der Waals surface area contributed by atoms with Gasteiger partial charge in [-0.2, -0.15) is 0 Å². The van der Waals surface area contributed by atoms with Crippen molar-refractivity contribution in [2.45, 2.75) is 32.6 Å². The van der Waals surface area contributed by atoms with Crippen molar-refractivity contribution in [2.75, 3.05) is 6.54 Å². The first-order chi connectivity index (χ1) is 7.03. The Hall–Kier alpha value is -0.890. The predicted octanol–water partition coefficient (Wildman–Crippen LogP) is 2.84. The molecule has 0 spiro atoms. The number of benzene rings is 1. The van der Waals surface area contributed by atoms with Crippen LogP contribution in [0.1, 0.15) is 37.3 Å². The number of nitrogens with two attached hydrogens (primary N) is 1. The van der Waals surface area contributed by atoms with E-state index in [0.29, 0.717) is 12.5 Å². The average Bonchev–Trinajstić information content (AvgIpc) is 2.17. The summed E-state index contributed by atoms with van der Waals surface area (Å²) >= 11 is 0. The summed E-state index contributed by atoms with van der Waals surface area (Å²) in [6, 6.07) is 5.36. The highest BCUT2D eigenvalue weighted by molar-refractivity contribution is 5.35. The van der Waals surface area contributed by atoms with Crippen molar-refractivity contribution in [1.29, 1.82) is 0 Å². The van der Waals surface area contributed by atoms with Gasteiger partial charge in [0.1, 0.15) is 5.82 Å². The Labute approximate surface area is 90.5 Å². The first-order valence-electron chi connectivity index (χ1n) is 5.51. The molecule has 0 amide bonds. The molecule has 0 saturated carbocycles. The maximum absolute atomic E-state index is 13.7. The van der Waals surface area contributed by atoms with Gasteiger partial charge in [-0.25, -0.2) is 4.39 Å². The Morgan fingerprint density at radius 3 is 2.87 bits per heavy atom. The van der Waals surface area contributed by atoms with Gasteiger partial charge in [0, 0.05) is 0 Å². The van der Waals surface area contributed by atoms with Crippen LogP contribution in [0.15, 0.2) is 18.2 Å². The maximum Gasteiger partial charge on any atom is 0.126 e. The molecule has 0 bridgehead atoms. The van der Waals surface area contributed by atoms with Crippen LogP contribution in [0.25, 0.3) is 0 Å². The zero-order valence-electron chi connectivity index (χ0n) is 9.39. The van der Waals surface area contributed by atoms with Crippen molar-refractivity contribution in [2.24, 2.45) is 11.1 Å². The summed E-state index contributed by atoms with van der Waals surface area (Å²) in [5, 5.41) is 0. The van der Waals surface area contributed by atoms with E-state index in [2.05, 4.69) is 13.8 Å². The van der Waals surface area contributed by atoms with Gasteiger partial charge in [-0.3, -0.25) is 0 Å². The van der Waals surface area contributed by atoms with E-state index in [1.54, 1.807) is 12.1 Å². The quantitative estimate of drug-likeness (QED) is 0.753. The smallest absolute Gasteiger partial charge is 0.126 e. The zero-order chi connectivity index (χ0) is 11.1. The summed E-state index contributed by atoms with van der Waals surface area (Å²) in [6.45, 7) is 4.98. The van der Waals surface area contributed by atoms with E-state index in [0.717, 1.165) is 24.0 Å². The van der Waals surface area contributed by atoms with Crippen molar-refractivity contribution in [1.82, 2.24) is 0 Å². The summed E-state index contributed by atoms with van der Waals surface area (Å²) in [6.07, 6.45) is 1.88. The lowest BCUT2D eigenvalue weighted by molar-refractivity contribution is 0.277. The van der Waals surface area contributed by atoms with Gasteiger partial charge in [0.15, 0.2) is 0 Å². The molecule has 1 aliphatic rings. The van der Waals surface area contributed by atoms with Gasteiger partial charge < -0.3 is 5.73 Å². The SMILES string of the molecule is CC1(C)Cc2c(F)cccc2C(CN)C1. The van der Waals surface area contributed by atoms with Crippen LogP contribution in [-0.2, 0) is 6.42 Å². The van der Waals surface area contributed by atoms with Crippen molar-refractivity contribution < 1.29 is 4.39 Å². The van der Waals surface area contributed by atoms with E-state index in [1.807, 2.05) is 6.07 Å². The molecule has 1 aromatic rings. The molecule has 15 heavy (non-hydrogen) atoms. The molecule has 1 atom stereocenters. The van der Waals surface area contributed by atoms with Gasteiger partial charge in [0.05, 0.1) is 0 Å². The van der Waals surface area contributed by atoms with Crippen LogP contribution in [0.5, 0.6) is 0 Å². The van der Waals surface area contributed by atoms with Gasteiger partial charge in [0.2, 0.25) is 0 Å². The second-order valence-corrected chi connectivity index (χ2v) is 5.29. The van der Waals surface area contributed by atoms with Crippen LogP contribution in [0.4, 0.5) is 4.39 Å². The number of rotatable bonds is 1. The fourth-order valence-corrected chi connectivity index (χ4v) is 2.68. The number of fused-ring (bicyclic) bond motifs is 1. The molecule has 0 radical (unpaired) electrons. The minimum Gasteiger partial charge on any atom is -0.330 e. The molecule has 82 valence electrons. The second kappa shape index (κ2) is 3.60. The molecular formula is C13H18FN. The molecule has 0 aromatic heterocycles. The predicted molar refractivity (Wildman–Crippen MR) is 60.3 cm³/mol. The summed E-state index contributed by atoms with van der Waals surface area (Å²) < 4.78 is 13.7. The monoisotopic (exact) mass is 207 g/mol. The first kappa shape index (κ1) is 10.6. The molecule has 1 aliphatic carbocycles. The van der Waals surface area contributed by atoms with Gasteiger partial charge >= 0.3 is 0 Å². The summed E-state index contributed by atoms with van der Waals surface area (Å²) in [7, 11) is 0. The molecule has 1 unspecified atom stereocenters. The Balaban J connectivity index is 2.49. The maximum atomic E-state index is 13.7. The summed E-state index contributed by atoms with van der Waals surface area (Å²) in [5.41, 5.74) is 7.93. The molecule has 1 nitrogen and oxygen atoms in total. The summed E-state index contributed by atoms with van der Waals surface area (Å²) in [4.78, 5) is 0. The lowest BCUT2D eigenvalue weighted by Gasteiger charge is -2.36. The lowest BCUT2D eigenvalue weighted by atomic mass is 9.69. The van der Waals surface area contributed by atoms with E-state index in [4.69, 9.17) is 5.73 Å². The van der Waals surface area contributed by atoms with Gasteiger partial charge in [-0.05, 0) is 47.9 Å². The van der Waals surface area contributed by atoms with Crippen LogP contribution in [0.2, 0.25) is 0 Å². The molecular weight excluding hydrogens is 189 g/mol. The fourth-order valence-electron chi connectivity index (χ4n) is 2.68. The van der Waals surface area contributed by atoms with E-state index >= 15 is 0 Å². The van der Waals surface area contributed by atoms with Gasteiger partial charge in [-0.15, -0.1) is 0 Å². The van der Waals surface area contributed by atoms with Crippen LogP contribution in [0.3, 0.4) is 0 Å². The normalized spacial score (nSPS) is 23.6. The van der Waals surface area contributed by atoms with Crippen molar-refractivity contribution >= 4 is 0 Å². The lowest BCUT2D eigenvalue weighted by Crippen LogP contribution is -2.30. The van der Waals surface area contributed by atoms with E-state index in [9.17, 15) is 4.39 Å². The highest BCUT2D eigenvalue weighted by Gasteiger charge is 2.32.